The smallest absolute Gasteiger partial charge is 0.00239 e. The molecule has 8 aromatic rings. The molecule has 0 aliphatic heterocycles. The highest BCUT2D eigenvalue weighted by molar-refractivity contribution is 6.24. The normalized spacial score (nSPS) is 18.3. The van der Waals surface area contributed by atoms with Crippen LogP contribution in [-0.2, 0) is 0 Å². The number of rotatable bonds is 2. The molecule has 8 aromatic carbocycles. The summed E-state index contributed by atoms with van der Waals surface area (Å²) in [6.07, 6.45) is 2.52. The Kier molecular flexibility index (Phi) is 3.57. The maximum absolute atomic E-state index is 2.43. The lowest BCUT2D eigenvalue weighted by molar-refractivity contribution is 0.350. The van der Waals surface area contributed by atoms with Gasteiger partial charge < -0.3 is 0 Å². The number of hydrogen-bond acceptors (Lipinski definition) is 0. The van der Waals surface area contributed by atoms with Crippen molar-refractivity contribution in [3.05, 3.63) is 120 Å². The molecule has 36 heavy (non-hydrogen) atoms. The lowest BCUT2D eigenvalue weighted by Crippen LogP contribution is -2.22. The Morgan fingerprint density at radius 2 is 0.667 bits per heavy atom. The van der Waals surface area contributed by atoms with E-state index >= 15 is 0 Å². The van der Waals surface area contributed by atoms with Gasteiger partial charge in [0.05, 0.1) is 0 Å². The van der Waals surface area contributed by atoms with Crippen LogP contribution in [0.3, 0.4) is 0 Å². The maximum Gasteiger partial charge on any atom is -0.00239 e. The van der Waals surface area contributed by atoms with E-state index in [1.807, 2.05) is 0 Å². The first-order chi connectivity index (χ1) is 17.8. The molecule has 168 valence electrons. The first kappa shape index (κ1) is 19.1. The van der Waals surface area contributed by atoms with E-state index < -0.39 is 0 Å². The van der Waals surface area contributed by atoms with E-state index in [1.165, 1.54) is 88.6 Å². The molecule has 0 heterocycles. The molecule has 0 N–H and O–H groups in total. The molecule has 0 spiro atoms. The SMILES string of the molecule is c1cc2ccc3ccc([C@@H]4CC[C@H]4c4ccc5ccc6cccc7ccc4c5c67)c4ccc(c1)c2c34. The third-order valence-corrected chi connectivity index (χ3v) is 9.20. The van der Waals surface area contributed by atoms with Crippen LogP contribution < -0.4 is 0 Å². The van der Waals surface area contributed by atoms with Gasteiger partial charge in [-0.1, -0.05) is 109 Å². The zero-order valence-electron chi connectivity index (χ0n) is 20.0. The zero-order valence-corrected chi connectivity index (χ0v) is 20.0. The highest BCUT2D eigenvalue weighted by atomic mass is 14.4. The van der Waals surface area contributed by atoms with Crippen LogP contribution in [0, 0.1) is 0 Å². The molecule has 0 amide bonds. The third kappa shape index (κ3) is 2.35. The van der Waals surface area contributed by atoms with E-state index in [0.29, 0.717) is 11.8 Å². The lowest BCUT2D eigenvalue weighted by atomic mass is 9.65. The Morgan fingerprint density at radius 3 is 1.06 bits per heavy atom. The molecule has 0 saturated heterocycles. The van der Waals surface area contributed by atoms with Gasteiger partial charge in [-0.2, -0.15) is 0 Å². The molecule has 0 bridgehead atoms. The monoisotopic (exact) mass is 456 g/mol. The second-order valence-corrected chi connectivity index (χ2v) is 10.8. The van der Waals surface area contributed by atoms with Crippen molar-refractivity contribution in [2.75, 3.05) is 0 Å². The van der Waals surface area contributed by atoms with Gasteiger partial charge in [0.25, 0.3) is 0 Å². The summed E-state index contributed by atoms with van der Waals surface area (Å²) in [5.74, 6) is 1.13. The fourth-order valence-corrected chi connectivity index (χ4v) is 7.41. The second kappa shape index (κ2) is 6.74. The van der Waals surface area contributed by atoms with Crippen LogP contribution in [0.4, 0.5) is 0 Å². The summed E-state index contributed by atoms with van der Waals surface area (Å²) in [6, 6.07) is 41.5. The fraction of sp³-hybridized carbons (Fsp3) is 0.111. The van der Waals surface area contributed by atoms with Crippen molar-refractivity contribution in [2.24, 2.45) is 0 Å². The maximum atomic E-state index is 2.43. The summed E-state index contributed by atoms with van der Waals surface area (Å²) in [4.78, 5) is 0. The van der Waals surface area contributed by atoms with Crippen LogP contribution >= 0.6 is 0 Å². The summed E-state index contributed by atoms with van der Waals surface area (Å²) in [6.45, 7) is 0. The quantitative estimate of drug-likeness (QED) is 0.227. The Morgan fingerprint density at radius 1 is 0.333 bits per heavy atom. The Labute approximate surface area is 209 Å². The van der Waals surface area contributed by atoms with Crippen LogP contribution in [0.2, 0.25) is 0 Å². The minimum absolute atomic E-state index is 0.563. The van der Waals surface area contributed by atoms with Crippen molar-refractivity contribution in [1.82, 2.24) is 0 Å². The Hall–Kier alpha value is -4.16. The molecule has 0 heteroatoms. The Bertz CT molecular complexity index is 1930. The van der Waals surface area contributed by atoms with E-state index in [0.717, 1.165) is 0 Å². The van der Waals surface area contributed by atoms with Gasteiger partial charge in [0.15, 0.2) is 0 Å². The second-order valence-electron chi connectivity index (χ2n) is 10.8. The van der Waals surface area contributed by atoms with Gasteiger partial charge in [0, 0.05) is 0 Å². The molecule has 0 nitrogen and oxygen atoms in total. The summed E-state index contributed by atoms with van der Waals surface area (Å²) in [5, 5.41) is 16.7. The molecule has 2 atom stereocenters. The molecule has 1 saturated carbocycles. The van der Waals surface area contributed by atoms with Crippen molar-refractivity contribution in [3.63, 3.8) is 0 Å². The molecule has 1 fully saturated rings. The molecule has 0 unspecified atom stereocenters. The van der Waals surface area contributed by atoms with Gasteiger partial charge in [0.1, 0.15) is 0 Å². The van der Waals surface area contributed by atoms with Crippen molar-refractivity contribution in [2.45, 2.75) is 24.7 Å². The summed E-state index contributed by atoms with van der Waals surface area (Å²) < 4.78 is 0. The van der Waals surface area contributed by atoms with E-state index in [1.54, 1.807) is 0 Å². The average Bonchev–Trinajstić information content (AvgIpc) is 2.91. The molecule has 0 radical (unpaired) electrons. The summed E-state index contributed by atoms with van der Waals surface area (Å²) >= 11 is 0. The van der Waals surface area contributed by atoms with Gasteiger partial charge in [-0.25, -0.2) is 0 Å². The lowest BCUT2D eigenvalue weighted by Gasteiger charge is -2.39. The predicted octanol–water partition coefficient (Wildman–Crippen LogP) is 10.1. The zero-order chi connectivity index (χ0) is 23.4. The molecular weight excluding hydrogens is 432 g/mol. The van der Waals surface area contributed by atoms with E-state index in [9.17, 15) is 0 Å². The van der Waals surface area contributed by atoms with Crippen LogP contribution in [0.25, 0.3) is 64.6 Å². The van der Waals surface area contributed by atoms with Crippen LogP contribution in [0.15, 0.2) is 109 Å². The summed E-state index contributed by atoms with van der Waals surface area (Å²) in [7, 11) is 0. The minimum atomic E-state index is 0.563. The minimum Gasteiger partial charge on any atom is -0.0610 e. The molecule has 0 aromatic heterocycles. The van der Waals surface area contributed by atoms with Gasteiger partial charge in [-0.3, -0.25) is 0 Å². The summed E-state index contributed by atoms with van der Waals surface area (Å²) in [5.41, 5.74) is 3.06. The highest BCUT2D eigenvalue weighted by Gasteiger charge is 2.35. The highest BCUT2D eigenvalue weighted by Crippen LogP contribution is 2.53. The number of hydrogen-bond donors (Lipinski definition) is 0. The average molecular weight is 457 g/mol. The predicted molar refractivity (Wildman–Crippen MR) is 155 cm³/mol. The standard InChI is InChI=1S/C36H24/c1-3-21-7-9-25-11-15-29(31-17-13-23(5-1)33(21)35(25)31)27-19-20-28(27)30-16-12-26-10-8-22-4-2-6-24-14-18-32(30)36(26)34(22)24/h1-18,27-28H,19-20H2/t27-,28-/m1/s1. The third-order valence-electron chi connectivity index (χ3n) is 9.20. The van der Waals surface area contributed by atoms with Crippen LogP contribution in [-0.4, -0.2) is 0 Å². The van der Waals surface area contributed by atoms with Crippen molar-refractivity contribution < 1.29 is 0 Å². The van der Waals surface area contributed by atoms with E-state index in [2.05, 4.69) is 109 Å². The van der Waals surface area contributed by atoms with Gasteiger partial charge in [-0.15, -0.1) is 0 Å². The molecule has 1 aliphatic carbocycles. The van der Waals surface area contributed by atoms with Crippen molar-refractivity contribution in [1.29, 1.82) is 0 Å². The first-order valence-corrected chi connectivity index (χ1v) is 13.2. The van der Waals surface area contributed by atoms with Crippen LogP contribution in [0.1, 0.15) is 35.8 Å². The van der Waals surface area contributed by atoms with Crippen molar-refractivity contribution >= 4 is 64.6 Å². The molecule has 9 rings (SSSR count). The molecular formula is C36H24. The van der Waals surface area contributed by atoms with Crippen molar-refractivity contribution in [3.8, 4) is 0 Å². The first-order valence-electron chi connectivity index (χ1n) is 13.2. The van der Waals surface area contributed by atoms with Gasteiger partial charge in [0.2, 0.25) is 0 Å². The van der Waals surface area contributed by atoms with Crippen LogP contribution in [0.5, 0.6) is 0 Å². The largest absolute Gasteiger partial charge is 0.0610 e. The Balaban J connectivity index is 1.27. The fourth-order valence-electron chi connectivity index (χ4n) is 7.41. The van der Waals surface area contributed by atoms with Gasteiger partial charge in [-0.05, 0) is 100 Å². The topological polar surface area (TPSA) is 0 Å². The van der Waals surface area contributed by atoms with E-state index in [-0.39, 0.29) is 0 Å². The van der Waals surface area contributed by atoms with Gasteiger partial charge >= 0.3 is 0 Å². The van der Waals surface area contributed by atoms with E-state index in [4.69, 9.17) is 0 Å². The number of benzene rings is 8. The molecule has 1 aliphatic rings.